The smallest absolute Gasteiger partial charge is 0.224 e. The van der Waals surface area contributed by atoms with Gasteiger partial charge in [-0.15, -0.1) is 0 Å². The topological polar surface area (TPSA) is 68.0 Å². The number of pyridine rings is 1. The number of carbonyl (C=O) groups is 1. The van der Waals surface area contributed by atoms with Crippen LogP contribution in [-0.2, 0) is 11.2 Å². The van der Waals surface area contributed by atoms with Gasteiger partial charge in [0.25, 0.3) is 0 Å². The number of amides is 1. The van der Waals surface area contributed by atoms with Crippen molar-refractivity contribution in [2.24, 2.45) is 11.7 Å². The van der Waals surface area contributed by atoms with Crippen LogP contribution in [0.15, 0.2) is 24.5 Å². The third kappa shape index (κ3) is 3.03. The fraction of sp³-hybridized carbons (Fsp3) is 0.500. The number of rotatable bonds is 5. The first kappa shape index (κ1) is 11.1. The SMILES string of the molecule is NCC(Cc1cccnc1)C(=O)NC1CC1. The number of nitrogens with one attached hydrogen (secondary N) is 1. The molecule has 0 aromatic carbocycles. The molecule has 1 fully saturated rings. The second-order valence-electron chi connectivity index (χ2n) is 4.28. The van der Waals surface area contributed by atoms with Gasteiger partial charge < -0.3 is 11.1 Å². The molecule has 3 N–H and O–H groups in total. The van der Waals surface area contributed by atoms with Crippen molar-refractivity contribution in [2.45, 2.75) is 25.3 Å². The van der Waals surface area contributed by atoms with Gasteiger partial charge in [0.15, 0.2) is 0 Å². The van der Waals surface area contributed by atoms with Crippen molar-refractivity contribution >= 4 is 5.91 Å². The molecule has 1 aliphatic rings. The van der Waals surface area contributed by atoms with E-state index in [2.05, 4.69) is 10.3 Å². The Bertz CT molecular complexity index is 349. The number of aromatic nitrogens is 1. The molecule has 1 aromatic rings. The van der Waals surface area contributed by atoms with E-state index in [1.165, 1.54) is 0 Å². The first-order valence-electron chi connectivity index (χ1n) is 5.69. The fourth-order valence-electron chi connectivity index (χ4n) is 1.63. The largest absolute Gasteiger partial charge is 0.353 e. The van der Waals surface area contributed by atoms with E-state index in [0.717, 1.165) is 18.4 Å². The van der Waals surface area contributed by atoms with Gasteiger partial charge in [-0.25, -0.2) is 0 Å². The molecule has 0 saturated heterocycles. The van der Waals surface area contributed by atoms with Crippen molar-refractivity contribution in [3.8, 4) is 0 Å². The van der Waals surface area contributed by atoms with Crippen molar-refractivity contribution in [2.75, 3.05) is 6.54 Å². The summed E-state index contributed by atoms with van der Waals surface area (Å²) >= 11 is 0. The van der Waals surface area contributed by atoms with Crippen LogP contribution in [0.25, 0.3) is 0 Å². The third-order valence-electron chi connectivity index (χ3n) is 2.78. The van der Waals surface area contributed by atoms with Gasteiger partial charge in [0.05, 0.1) is 5.92 Å². The molecule has 1 unspecified atom stereocenters. The summed E-state index contributed by atoms with van der Waals surface area (Å²) in [6, 6.07) is 4.25. The van der Waals surface area contributed by atoms with Crippen LogP contribution in [-0.4, -0.2) is 23.5 Å². The molecule has 1 atom stereocenters. The Morgan fingerprint density at radius 3 is 3.00 bits per heavy atom. The third-order valence-corrected chi connectivity index (χ3v) is 2.78. The summed E-state index contributed by atoms with van der Waals surface area (Å²) in [4.78, 5) is 15.8. The molecule has 0 aliphatic heterocycles. The van der Waals surface area contributed by atoms with Crippen molar-refractivity contribution in [1.82, 2.24) is 10.3 Å². The van der Waals surface area contributed by atoms with E-state index in [1.54, 1.807) is 12.4 Å². The van der Waals surface area contributed by atoms with Crippen LogP contribution in [0, 0.1) is 5.92 Å². The van der Waals surface area contributed by atoms with Crippen LogP contribution in [0.4, 0.5) is 0 Å². The normalized spacial score (nSPS) is 16.8. The van der Waals surface area contributed by atoms with E-state index in [1.807, 2.05) is 12.1 Å². The van der Waals surface area contributed by atoms with Gasteiger partial charge in [0.1, 0.15) is 0 Å². The molecule has 1 saturated carbocycles. The van der Waals surface area contributed by atoms with Gasteiger partial charge in [0.2, 0.25) is 5.91 Å². The molecule has 1 aliphatic carbocycles. The Hall–Kier alpha value is -1.42. The molecule has 0 spiro atoms. The highest BCUT2D eigenvalue weighted by molar-refractivity contribution is 5.79. The second kappa shape index (κ2) is 5.07. The lowest BCUT2D eigenvalue weighted by Gasteiger charge is -2.14. The standard InChI is InChI=1S/C12H17N3O/c13-7-10(12(16)15-11-3-4-11)6-9-2-1-5-14-8-9/h1-2,5,8,10-11H,3-4,6-7,13H2,(H,15,16). The van der Waals surface area contributed by atoms with E-state index in [0.29, 0.717) is 19.0 Å². The molecule has 86 valence electrons. The highest BCUT2D eigenvalue weighted by atomic mass is 16.2. The summed E-state index contributed by atoms with van der Waals surface area (Å²) < 4.78 is 0. The minimum Gasteiger partial charge on any atom is -0.353 e. The van der Waals surface area contributed by atoms with Crippen LogP contribution < -0.4 is 11.1 Å². The minimum absolute atomic E-state index is 0.0776. The summed E-state index contributed by atoms with van der Waals surface area (Å²) in [5, 5.41) is 2.99. The number of hydrogen-bond donors (Lipinski definition) is 2. The van der Waals surface area contributed by atoms with E-state index in [9.17, 15) is 4.79 Å². The molecular weight excluding hydrogens is 202 g/mol. The molecule has 1 aromatic heterocycles. The summed E-state index contributed by atoms with van der Waals surface area (Å²) in [7, 11) is 0. The van der Waals surface area contributed by atoms with Crippen LogP contribution in [0.1, 0.15) is 18.4 Å². The monoisotopic (exact) mass is 219 g/mol. The molecule has 1 amide bonds. The predicted molar refractivity (Wildman–Crippen MR) is 61.7 cm³/mol. The number of nitrogens with zero attached hydrogens (tertiary/aromatic N) is 1. The minimum atomic E-state index is -0.134. The van der Waals surface area contributed by atoms with Gasteiger partial charge in [-0.2, -0.15) is 0 Å². The molecule has 0 radical (unpaired) electrons. The van der Waals surface area contributed by atoms with Crippen LogP contribution >= 0.6 is 0 Å². The Morgan fingerprint density at radius 2 is 2.44 bits per heavy atom. The lowest BCUT2D eigenvalue weighted by Crippen LogP contribution is -2.37. The summed E-state index contributed by atoms with van der Waals surface area (Å²) in [5.74, 6) is -0.0568. The van der Waals surface area contributed by atoms with Gasteiger partial charge in [-0.1, -0.05) is 6.07 Å². The molecule has 0 bridgehead atoms. The van der Waals surface area contributed by atoms with Gasteiger partial charge in [-0.05, 0) is 30.9 Å². The lowest BCUT2D eigenvalue weighted by molar-refractivity contribution is -0.124. The van der Waals surface area contributed by atoms with Crippen LogP contribution in [0.5, 0.6) is 0 Å². The number of nitrogens with two attached hydrogens (primary N) is 1. The van der Waals surface area contributed by atoms with E-state index in [4.69, 9.17) is 5.73 Å². The van der Waals surface area contributed by atoms with Crippen molar-refractivity contribution in [3.05, 3.63) is 30.1 Å². The lowest BCUT2D eigenvalue weighted by atomic mass is 10.00. The maximum atomic E-state index is 11.8. The summed E-state index contributed by atoms with van der Waals surface area (Å²) in [6.07, 6.45) is 6.40. The van der Waals surface area contributed by atoms with E-state index < -0.39 is 0 Å². The number of carbonyl (C=O) groups excluding carboxylic acids is 1. The quantitative estimate of drug-likeness (QED) is 0.756. The Labute approximate surface area is 95.3 Å². The highest BCUT2D eigenvalue weighted by Gasteiger charge is 2.26. The van der Waals surface area contributed by atoms with Crippen molar-refractivity contribution in [3.63, 3.8) is 0 Å². The number of hydrogen-bond acceptors (Lipinski definition) is 3. The van der Waals surface area contributed by atoms with Gasteiger partial charge in [-0.3, -0.25) is 9.78 Å². The molecule has 4 nitrogen and oxygen atoms in total. The fourth-order valence-corrected chi connectivity index (χ4v) is 1.63. The van der Waals surface area contributed by atoms with Crippen LogP contribution in [0.3, 0.4) is 0 Å². The summed E-state index contributed by atoms with van der Waals surface area (Å²) in [5.41, 5.74) is 6.70. The van der Waals surface area contributed by atoms with Gasteiger partial charge >= 0.3 is 0 Å². The van der Waals surface area contributed by atoms with Crippen molar-refractivity contribution < 1.29 is 4.79 Å². The maximum absolute atomic E-state index is 11.8. The highest BCUT2D eigenvalue weighted by Crippen LogP contribution is 2.19. The first-order valence-corrected chi connectivity index (χ1v) is 5.69. The average molecular weight is 219 g/mol. The molecular formula is C12H17N3O. The molecule has 4 heteroatoms. The zero-order valence-electron chi connectivity index (χ0n) is 9.23. The van der Waals surface area contributed by atoms with E-state index >= 15 is 0 Å². The van der Waals surface area contributed by atoms with Gasteiger partial charge in [0, 0.05) is 25.0 Å². The predicted octanol–water partition coefficient (Wildman–Crippen LogP) is 0.478. The van der Waals surface area contributed by atoms with E-state index in [-0.39, 0.29) is 11.8 Å². The first-order chi connectivity index (χ1) is 7.79. The average Bonchev–Trinajstić information content (AvgIpc) is 3.11. The van der Waals surface area contributed by atoms with Crippen molar-refractivity contribution in [1.29, 1.82) is 0 Å². The molecule has 1 heterocycles. The second-order valence-corrected chi connectivity index (χ2v) is 4.28. The molecule has 16 heavy (non-hydrogen) atoms. The zero-order valence-corrected chi connectivity index (χ0v) is 9.23. The summed E-state index contributed by atoms with van der Waals surface area (Å²) in [6.45, 7) is 0.382. The van der Waals surface area contributed by atoms with Crippen LogP contribution in [0.2, 0.25) is 0 Å². The Morgan fingerprint density at radius 1 is 1.62 bits per heavy atom. The maximum Gasteiger partial charge on any atom is 0.224 e. The Balaban J connectivity index is 1.91. The Kier molecular flexibility index (Phi) is 3.51. The zero-order chi connectivity index (χ0) is 11.4. The molecule has 2 rings (SSSR count).